The van der Waals surface area contributed by atoms with Crippen LogP contribution in [0.3, 0.4) is 0 Å². The lowest BCUT2D eigenvalue weighted by Gasteiger charge is -2.42. The van der Waals surface area contributed by atoms with Gasteiger partial charge in [0.1, 0.15) is 6.04 Å². The van der Waals surface area contributed by atoms with Crippen molar-refractivity contribution in [1.29, 1.82) is 0 Å². The van der Waals surface area contributed by atoms with Crippen LogP contribution in [0.15, 0.2) is 0 Å². The van der Waals surface area contributed by atoms with Crippen molar-refractivity contribution in [1.82, 2.24) is 5.32 Å². The Labute approximate surface area is 171 Å². The number of nitrogens with one attached hydrogen (secondary N) is 1. The zero-order valence-electron chi connectivity index (χ0n) is 17.6. The highest BCUT2D eigenvalue weighted by Crippen LogP contribution is 2.26. The lowest BCUT2D eigenvalue weighted by atomic mass is 9.89. The second kappa shape index (κ2) is 12.1. The summed E-state index contributed by atoms with van der Waals surface area (Å²) in [6.45, 7) is 4.58. The number of carbonyl (C=O) groups is 1. The number of methoxy groups -OCH3 is 2. The van der Waals surface area contributed by atoms with Crippen molar-refractivity contribution in [3.63, 3.8) is 0 Å². The van der Waals surface area contributed by atoms with Gasteiger partial charge in [0.25, 0.3) is 0 Å². The fourth-order valence-electron chi connectivity index (χ4n) is 3.43. The smallest absolute Gasteiger partial charge is 0.217 e. The van der Waals surface area contributed by atoms with Gasteiger partial charge in [-0.15, -0.1) is 0 Å². The normalized spacial score (nSPS) is 42.6. The van der Waals surface area contributed by atoms with E-state index in [2.05, 4.69) is 5.32 Å². The van der Waals surface area contributed by atoms with Crippen molar-refractivity contribution >= 4 is 5.91 Å². The van der Waals surface area contributed by atoms with Gasteiger partial charge in [-0.3, -0.25) is 4.79 Å². The Kier molecular flexibility index (Phi) is 10.9. The molecule has 29 heavy (non-hydrogen) atoms. The highest BCUT2D eigenvalue weighted by Gasteiger charge is 2.43. The van der Waals surface area contributed by atoms with Crippen LogP contribution >= 0.6 is 0 Å². The van der Waals surface area contributed by atoms with Gasteiger partial charge in [-0.1, -0.05) is 13.8 Å². The molecule has 0 radical (unpaired) electrons. The summed E-state index contributed by atoms with van der Waals surface area (Å²) in [7, 11) is 2.89. The van der Waals surface area contributed by atoms with Crippen LogP contribution in [0.5, 0.6) is 0 Å². The van der Waals surface area contributed by atoms with E-state index in [-0.39, 0.29) is 31.0 Å². The van der Waals surface area contributed by atoms with E-state index in [4.69, 9.17) is 34.9 Å². The Morgan fingerprint density at radius 1 is 0.966 bits per heavy atom. The van der Waals surface area contributed by atoms with Crippen molar-refractivity contribution in [2.45, 2.75) is 69.9 Å². The molecule has 2 aliphatic heterocycles. The van der Waals surface area contributed by atoms with Gasteiger partial charge in [0.2, 0.25) is 5.91 Å². The first-order valence-electron chi connectivity index (χ1n) is 9.59. The second-order valence-corrected chi connectivity index (χ2v) is 7.43. The van der Waals surface area contributed by atoms with E-state index >= 15 is 0 Å². The van der Waals surface area contributed by atoms with Crippen molar-refractivity contribution < 1.29 is 44.2 Å². The monoisotopic (exact) mass is 424 g/mol. The summed E-state index contributed by atoms with van der Waals surface area (Å²) in [5.74, 6) is -0.705. The van der Waals surface area contributed by atoms with Crippen LogP contribution in [0.4, 0.5) is 0 Å². The lowest BCUT2D eigenvalue weighted by molar-refractivity contribution is -0.245. The molecule has 172 valence electrons. The average molecular weight is 424 g/mol. The fourth-order valence-corrected chi connectivity index (χ4v) is 3.43. The molecular weight excluding hydrogens is 388 g/mol. The minimum absolute atomic E-state index is 0.134. The van der Waals surface area contributed by atoms with Crippen LogP contribution in [-0.2, 0) is 23.7 Å². The van der Waals surface area contributed by atoms with Crippen molar-refractivity contribution in [3.05, 3.63) is 0 Å². The maximum absolute atomic E-state index is 11.0. The molecule has 11 nitrogen and oxygen atoms in total. The lowest BCUT2D eigenvalue weighted by Crippen LogP contribution is -2.61. The van der Waals surface area contributed by atoms with Crippen LogP contribution in [0.1, 0.15) is 20.8 Å². The van der Waals surface area contributed by atoms with E-state index in [1.165, 1.54) is 21.1 Å². The molecule has 4 unspecified atom stereocenters. The van der Waals surface area contributed by atoms with Gasteiger partial charge in [0.15, 0.2) is 12.6 Å². The van der Waals surface area contributed by atoms with Gasteiger partial charge in [-0.2, -0.15) is 0 Å². The molecule has 0 aromatic rings. The number of ether oxygens (including phenoxy) is 4. The van der Waals surface area contributed by atoms with Crippen LogP contribution < -0.4 is 11.1 Å². The molecule has 2 fully saturated rings. The highest BCUT2D eigenvalue weighted by atomic mass is 16.7. The maximum Gasteiger partial charge on any atom is 0.217 e. The predicted molar refractivity (Wildman–Crippen MR) is 101 cm³/mol. The van der Waals surface area contributed by atoms with Gasteiger partial charge in [0, 0.05) is 33.0 Å². The third kappa shape index (κ3) is 6.54. The summed E-state index contributed by atoms with van der Waals surface area (Å²) >= 11 is 0. The molecule has 10 atom stereocenters. The van der Waals surface area contributed by atoms with Crippen LogP contribution in [0.2, 0.25) is 0 Å². The molecule has 2 heterocycles. The topological polar surface area (TPSA) is 173 Å². The van der Waals surface area contributed by atoms with Crippen LogP contribution in [-0.4, -0.2) is 103 Å². The zero-order valence-corrected chi connectivity index (χ0v) is 17.6. The predicted octanol–water partition coefficient (Wildman–Crippen LogP) is -2.47. The molecule has 0 aromatic carbocycles. The molecule has 0 spiro atoms. The summed E-state index contributed by atoms with van der Waals surface area (Å²) in [6.07, 6.45) is -3.77. The molecule has 0 saturated carbocycles. The third-order valence-corrected chi connectivity index (χ3v) is 5.43. The van der Waals surface area contributed by atoms with Crippen molar-refractivity contribution in [2.24, 2.45) is 17.6 Å². The fraction of sp³-hybridized carbons (Fsp3) is 0.944. The van der Waals surface area contributed by atoms with E-state index in [0.29, 0.717) is 0 Å². The molecule has 2 saturated heterocycles. The van der Waals surface area contributed by atoms with Crippen LogP contribution in [0, 0.1) is 11.8 Å². The first-order chi connectivity index (χ1) is 13.6. The van der Waals surface area contributed by atoms with E-state index in [1.54, 1.807) is 13.8 Å². The van der Waals surface area contributed by atoms with E-state index in [0.717, 1.165) is 0 Å². The Hall–Kier alpha value is -0.890. The summed E-state index contributed by atoms with van der Waals surface area (Å²) in [4.78, 5) is 11.0. The van der Waals surface area contributed by atoms with Gasteiger partial charge in [-0.05, 0) is 0 Å². The highest BCUT2D eigenvalue weighted by molar-refractivity contribution is 5.73. The summed E-state index contributed by atoms with van der Waals surface area (Å²) < 4.78 is 20.7. The largest absolute Gasteiger partial charge is 0.394 e. The standard InChI is InChI=1S/C10H19NO5.C8H17NO4/c1-5-7(4-12)16-10(15-3)8(9(5)14)11-6(2)13;1-4-5(3-10)13-8(12-2)6(9)7(4)11/h5,7-10,12,14H,4H2,1-3H3,(H,11,13);4-8,10-11H,3,9H2,1-2H3/t5-,7?,8?,9+,10-;4-,5?,6?,7+,8-/m11/s1. The third-order valence-electron chi connectivity index (χ3n) is 5.43. The summed E-state index contributed by atoms with van der Waals surface area (Å²) in [5.41, 5.74) is 5.66. The number of aliphatic hydroxyl groups excluding tert-OH is 4. The number of hydrogen-bond acceptors (Lipinski definition) is 10. The second-order valence-electron chi connectivity index (χ2n) is 7.43. The number of amides is 1. The molecule has 2 aliphatic rings. The minimum Gasteiger partial charge on any atom is -0.394 e. The quantitative estimate of drug-likeness (QED) is 0.277. The number of aliphatic hydroxyl groups is 4. The maximum atomic E-state index is 11.0. The number of nitrogens with two attached hydrogens (primary N) is 1. The first-order valence-corrected chi connectivity index (χ1v) is 9.59. The van der Waals surface area contributed by atoms with E-state index in [9.17, 15) is 15.0 Å². The van der Waals surface area contributed by atoms with Gasteiger partial charge < -0.3 is 50.4 Å². The molecule has 11 heteroatoms. The molecular formula is C18H36N2O9. The molecule has 1 amide bonds. The van der Waals surface area contributed by atoms with Crippen LogP contribution in [0.25, 0.3) is 0 Å². The molecule has 0 aliphatic carbocycles. The number of rotatable bonds is 5. The average Bonchev–Trinajstić information content (AvgIpc) is 2.70. The Morgan fingerprint density at radius 3 is 1.83 bits per heavy atom. The van der Waals surface area contributed by atoms with E-state index in [1.807, 2.05) is 0 Å². The van der Waals surface area contributed by atoms with Gasteiger partial charge in [-0.25, -0.2) is 0 Å². The molecule has 0 aromatic heterocycles. The summed E-state index contributed by atoms with van der Waals surface area (Å²) in [6, 6.07) is -1.16. The molecule has 7 N–H and O–H groups in total. The number of carbonyl (C=O) groups excluding carboxylic acids is 1. The Balaban J connectivity index is 0.000000296. The van der Waals surface area contributed by atoms with Gasteiger partial charge >= 0.3 is 0 Å². The van der Waals surface area contributed by atoms with E-state index < -0.39 is 49.1 Å². The van der Waals surface area contributed by atoms with Crippen molar-refractivity contribution in [2.75, 3.05) is 27.4 Å². The summed E-state index contributed by atoms with van der Waals surface area (Å²) in [5, 5.41) is 40.3. The SMILES string of the molecule is CO[C@@H]1OC(CO)[C@@H](C)[C@H](O)C1N.CO[C@@H]1OC(CO)[C@@H](C)[C@H](O)C1NC(C)=O. The Morgan fingerprint density at radius 2 is 1.41 bits per heavy atom. The van der Waals surface area contributed by atoms with Crippen molar-refractivity contribution in [3.8, 4) is 0 Å². The molecule has 2 rings (SSSR count). The minimum atomic E-state index is -0.806. The molecule has 0 bridgehead atoms. The first kappa shape index (κ1) is 26.1. The van der Waals surface area contributed by atoms with Gasteiger partial charge in [0.05, 0.1) is 43.7 Å². The number of hydrogen-bond donors (Lipinski definition) is 6. The zero-order chi connectivity index (χ0) is 22.3. The Bertz CT molecular complexity index is 476.